The van der Waals surface area contributed by atoms with Crippen LogP contribution in [0.5, 0.6) is 0 Å². The van der Waals surface area contributed by atoms with Gasteiger partial charge in [-0.1, -0.05) is 18.9 Å². The summed E-state index contributed by atoms with van der Waals surface area (Å²) in [7, 11) is 1.99. The number of nitrogens with one attached hydrogen (secondary N) is 1. The molecule has 88 valence electrons. The number of hydrogen-bond donors (Lipinski definition) is 1. The van der Waals surface area contributed by atoms with Gasteiger partial charge in [0.25, 0.3) is 0 Å². The summed E-state index contributed by atoms with van der Waals surface area (Å²) in [6, 6.07) is 5.47. The second kappa shape index (κ2) is 4.96. The van der Waals surface area contributed by atoms with Gasteiger partial charge >= 0.3 is 0 Å². The molecule has 1 N–H and O–H groups in total. The summed E-state index contributed by atoms with van der Waals surface area (Å²) < 4.78 is 13.0. The molecule has 0 radical (unpaired) electrons. The van der Waals surface area contributed by atoms with Crippen LogP contribution in [0.25, 0.3) is 0 Å². The molecular formula is C14H20FN. The van der Waals surface area contributed by atoms with Crippen molar-refractivity contribution in [3.05, 3.63) is 35.1 Å². The second-order valence-corrected chi connectivity index (χ2v) is 4.86. The lowest BCUT2D eigenvalue weighted by molar-refractivity contribution is 0.503. The van der Waals surface area contributed by atoms with Crippen molar-refractivity contribution in [3.63, 3.8) is 0 Å². The van der Waals surface area contributed by atoms with Crippen LogP contribution in [-0.2, 0) is 0 Å². The minimum Gasteiger partial charge on any atom is -0.313 e. The van der Waals surface area contributed by atoms with Crippen molar-refractivity contribution in [3.8, 4) is 0 Å². The van der Waals surface area contributed by atoms with E-state index in [4.69, 9.17) is 0 Å². The number of halogens is 1. The minimum atomic E-state index is -0.140. The van der Waals surface area contributed by atoms with Gasteiger partial charge in [0, 0.05) is 6.04 Å². The summed E-state index contributed by atoms with van der Waals surface area (Å²) >= 11 is 0. The topological polar surface area (TPSA) is 12.0 Å². The molecule has 0 bridgehead atoms. The molecule has 1 atom stereocenters. The average Bonchev–Trinajstić information content (AvgIpc) is 3.05. The van der Waals surface area contributed by atoms with Crippen molar-refractivity contribution >= 4 is 0 Å². The Morgan fingerprint density at radius 1 is 1.44 bits per heavy atom. The summed E-state index contributed by atoms with van der Waals surface area (Å²) in [6.07, 6.45) is 5.26. The molecule has 1 fully saturated rings. The third-order valence-corrected chi connectivity index (χ3v) is 3.52. The van der Waals surface area contributed by atoms with Crippen molar-refractivity contribution in [1.29, 1.82) is 0 Å². The third-order valence-electron chi connectivity index (χ3n) is 3.52. The van der Waals surface area contributed by atoms with E-state index >= 15 is 0 Å². The Kier molecular flexibility index (Phi) is 3.59. The monoisotopic (exact) mass is 221 g/mol. The van der Waals surface area contributed by atoms with E-state index in [0.29, 0.717) is 6.04 Å². The largest absolute Gasteiger partial charge is 0.313 e. The Balaban J connectivity index is 2.05. The first-order valence-corrected chi connectivity index (χ1v) is 6.14. The zero-order valence-electron chi connectivity index (χ0n) is 10.1. The number of benzene rings is 1. The molecule has 0 aromatic heterocycles. The highest BCUT2D eigenvalue weighted by Gasteiger charge is 2.23. The van der Waals surface area contributed by atoms with Gasteiger partial charge in [0.2, 0.25) is 0 Å². The van der Waals surface area contributed by atoms with Crippen molar-refractivity contribution in [2.75, 3.05) is 7.05 Å². The van der Waals surface area contributed by atoms with Crippen LogP contribution < -0.4 is 5.32 Å². The van der Waals surface area contributed by atoms with Crippen molar-refractivity contribution in [2.24, 2.45) is 5.92 Å². The predicted molar refractivity (Wildman–Crippen MR) is 64.9 cm³/mol. The van der Waals surface area contributed by atoms with E-state index in [1.807, 2.05) is 20.0 Å². The van der Waals surface area contributed by atoms with Crippen LogP contribution in [0.4, 0.5) is 4.39 Å². The lowest BCUT2D eigenvalue weighted by Gasteiger charge is -2.18. The molecule has 0 aliphatic heterocycles. The predicted octanol–water partition coefficient (Wildman–Crippen LogP) is 3.58. The van der Waals surface area contributed by atoms with Crippen LogP contribution in [0, 0.1) is 18.7 Å². The van der Waals surface area contributed by atoms with Gasteiger partial charge in [0.05, 0.1) is 0 Å². The molecule has 1 nitrogen and oxygen atoms in total. The summed E-state index contributed by atoms with van der Waals surface area (Å²) in [5.41, 5.74) is 2.29. The van der Waals surface area contributed by atoms with Crippen LogP contribution in [0.1, 0.15) is 42.9 Å². The minimum absolute atomic E-state index is 0.140. The third kappa shape index (κ3) is 2.82. The highest BCUT2D eigenvalue weighted by molar-refractivity contribution is 5.29. The second-order valence-electron chi connectivity index (χ2n) is 4.86. The molecule has 0 spiro atoms. The smallest absolute Gasteiger partial charge is 0.123 e. The molecule has 16 heavy (non-hydrogen) atoms. The van der Waals surface area contributed by atoms with Gasteiger partial charge in [-0.2, -0.15) is 0 Å². The maximum atomic E-state index is 13.0. The lowest BCUT2D eigenvalue weighted by atomic mass is 9.96. The number of hydrogen-bond acceptors (Lipinski definition) is 1. The first kappa shape index (κ1) is 11.6. The van der Waals surface area contributed by atoms with Crippen LogP contribution in [-0.4, -0.2) is 7.05 Å². The first-order valence-electron chi connectivity index (χ1n) is 6.14. The van der Waals surface area contributed by atoms with Gasteiger partial charge in [0.1, 0.15) is 5.82 Å². The van der Waals surface area contributed by atoms with Gasteiger partial charge in [-0.15, -0.1) is 0 Å². The van der Waals surface area contributed by atoms with Crippen molar-refractivity contribution in [1.82, 2.24) is 5.32 Å². The average molecular weight is 221 g/mol. The van der Waals surface area contributed by atoms with Crippen LogP contribution in [0.3, 0.4) is 0 Å². The number of aryl methyl sites for hydroxylation is 1. The van der Waals surface area contributed by atoms with Crippen molar-refractivity contribution in [2.45, 2.75) is 38.6 Å². The molecule has 0 saturated heterocycles. The SMILES string of the molecule is CNC(CCC1CC1)c1ccc(F)cc1C. The molecule has 0 heterocycles. The fourth-order valence-corrected chi connectivity index (χ4v) is 2.29. The van der Waals surface area contributed by atoms with Crippen LogP contribution in [0.2, 0.25) is 0 Å². The standard InChI is InChI=1S/C14H20FN/c1-10-9-12(15)6-7-13(10)14(16-2)8-5-11-3-4-11/h6-7,9,11,14,16H,3-5,8H2,1-2H3. The van der Waals surface area contributed by atoms with Crippen molar-refractivity contribution < 1.29 is 4.39 Å². The Labute approximate surface area is 97.1 Å². The summed E-state index contributed by atoms with van der Waals surface area (Å²) in [6.45, 7) is 1.99. The highest BCUT2D eigenvalue weighted by atomic mass is 19.1. The molecule has 1 aromatic carbocycles. The van der Waals surface area contributed by atoms with E-state index in [-0.39, 0.29) is 5.82 Å². The number of rotatable bonds is 5. The van der Waals surface area contributed by atoms with Gasteiger partial charge in [0.15, 0.2) is 0 Å². The quantitative estimate of drug-likeness (QED) is 0.801. The first-order chi connectivity index (χ1) is 7.70. The van der Waals surface area contributed by atoms with Gasteiger partial charge in [-0.05, 0) is 56.0 Å². The summed E-state index contributed by atoms with van der Waals surface area (Å²) in [5, 5.41) is 3.34. The molecule has 1 unspecified atom stereocenters. The fraction of sp³-hybridized carbons (Fsp3) is 0.571. The van der Waals surface area contributed by atoms with Crippen LogP contribution >= 0.6 is 0 Å². The Bertz CT molecular complexity index is 358. The molecule has 1 aliphatic rings. The molecule has 1 saturated carbocycles. The summed E-state index contributed by atoms with van der Waals surface area (Å²) in [4.78, 5) is 0. The molecule has 2 rings (SSSR count). The zero-order valence-corrected chi connectivity index (χ0v) is 10.1. The lowest BCUT2D eigenvalue weighted by Crippen LogP contribution is -2.17. The maximum absolute atomic E-state index is 13.0. The Hall–Kier alpha value is -0.890. The zero-order chi connectivity index (χ0) is 11.5. The van der Waals surface area contributed by atoms with Gasteiger partial charge < -0.3 is 5.32 Å². The molecule has 1 aliphatic carbocycles. The maximum Gasteiger partial charge on any atom is 0.123 e. The Morgan fingerprint density at radius 3 is 2.75 bits per heavy atom. The van der Waals surface area contributed by atoms with E-state index in [0.717, 1.165) is 17.9 Å². The fourth-order valence-electron chi connectivity index (χ4n) is 2.29. The van der Waals surface area contributed by atoms with E-state index in [9.17, 15) is 4.39 Å². The van der Waals surface area contributed by atoms with Gasteiger partial charge in [-0.25, -0.2) is 4.39 Å². The Morgan fingerprint density at radius 2 is 2.19 bits per heavy atom. The highest BCUT2D eigenvalue weighted by Crippen LogP contribution is 2.36. The van der Waals surface area contributed by atoms with Gasteiger partial charge in [-0.3, -0.25) is 0 Å². The van der Waals surface area contributed by atoms with Crippen LogP contribution in [0.15, 0.2) is 18.2 Å². The normalized spacial score (nSPS) is 17.4. The molecular weight excluding hydrogens is 201 g/mol. The van der Waals surface area contributed by atoms with E-state index in [1.165, 1.54) is 24.8 Å². The molecule has 0 amide bonds. The summed E-state index contributed by atoms with van der Waals surface area (Å²) in [5.74, 6) is 0.815. The van der Waals surface area contributed by atoms with E-state index < -0.39 is 0 Å². The molecule has 1 aromatic rings. The van der Waals surface area contributed by atoms with E-state index in [1.54, 1.807) is 12.1 Å². The molecule has 2 heteroatoms. The van der Waals surface area contributed by atoms with E-state index in [2.05, 4.69) is 5.32 Å².